The fourth-order valence-electron chi connectivity index (χ4n) is 2.82. The van der Waals surface area contributed by atoms with E-state index in [9.17, 15) is 9.59 Å². The Hall–Kier alpha value is -3.52. The van der Waals surface area contributed by atoms with Gasteiger partial charge in [0.05, 0.1) is 11.1 Å². The minimum atomic E-state index is -0.427. The van der Waals surface area contributed by atoms with Crippen molar-refractivity contribution in [3.05, 3.63) is 69.0 Å². The highest BCUT2D eigenvalue weighted by atomic mass is 32.1. The minimum absolute atomic E-state index is 0.235. The van der Waals surface area contributed by atoms with Gasteiger partial charge in [-0.25, -0.2) is 0 Å². The highest BCUT2D eigenvalue weighted by Gasteiger charge is 2.12. The number of fused-ring (bicyclic) bond motifs is 1. The van der Waals surface area contributed by atoms with Crippen LogP contribution in [0.15, 0.2) is 53.3 Å². The summed E-state index contributed by atoms with van der Waals surface area (Å²) in [6.45, 7) is 3.59. The van der Waals surface area contributed by atoms with Crippen LogP contribution in [0, 0.1) is 0 Å². The standard InChI is InChI=1S/C21H17N3O4S/c1-3-27-17-11-14(9-10-16(17)28-13(2)25)12-18-20(26)24-21(29-18)22-19(23-24)15-7-5-4-6-8-15/h4-12H,3H2,1-2H3. The van der Waals surface area contributed by atoms with Gasteiger partial charge in [-0.3, -0.25) is 9.59 Å². The molecule has 29 heavy (non-hydrogen) atoms. The van der Waals surface area contributed by atoms with Crippen molar-refractivity contribution in [2.75, 3.05) is 6.61 Å². The first-order valence-electron chi connectivity index (χ1n) is 8.97. The third-order valence-corrected chi connectivity index (χ3v) is 4.99. The van der Waals surface area contributed by atoms with Crippen LogP contribution in [0.25, 0.3) is 22.4 Å². The smallest absolute Gasteiger partial charge is 0.308 e. The molecule has 0 saturated carbocycles. The van der Waals surface area contributed by atoms with E-state index in [0.717, 1.165) is 11.1 Å². The summed E-state index contributed by atoms with van der Waals surface area (Å²) in [5.41, 5.74) is 1.37. The maximum atomic E-state index is 12.7. The van der Waals surface area contributed by atoms with Crippen molar-refractivity contribution in [2.45, 2.75) is 13.8 Å². The molecule has 0 aliphatic rings. The summed E-state index contributed by atoms with van der Waals surface area (Å²) < 4.78 is 12.5. The molecule has 0 amide bonds. The molecule has 0 N–H and O–H groups in total. The number of rotatable bonds is 5. The van der Waals surface area contributed by atoms with Crippen LogP contribution in [0.5, 0.6) is 11.5 Å². The van der Waals surface area contributed by atoms with Crippen molar-refractivity contribution in [3.63, 3.8) is 0 Å². The molecule has 4 aromatic rings. The second-order valence-corrected chi connectivity index (χ2v) is 7.15. The molecule has 4 rings (SSSR count). The molecule has 0 bridgehead atoms. The van der Waals surface area contributed by atoms with E-state index >= 15 is 0 Å². The summed E-state index contributed by atoms with van der Waals surface area (Å²) in [4.78, 5) is 29.0. The molecule has 0 spiro atoms. The number of hydrogen-bond acceptors (Lipinski definition) is 7. The topological polar surface area (TPSA) is 82.8 Å². The van der Waals surface area contributed by atoms with Gasteiger partial charge in [-0.05, 0) is 30.7 Å². The summed E-state index contributed by atoms with van der Waals surface area (Å²) in [7, 11) is 0. The number of hydrogen-bond donors (Lipinski definition) is 0. The predicted octanol–water partition coefficient (Wildman–Crippen LogP) is 2.69. The zero-order valence-corrected chi connectivity index (χ0v) is 16.6. The third kappa shape index (κ3) is 3.88. The van der Waals surface area contributed by atoms with Gasteiger partial charge in [-0.2, -0.15) is 9.50 Å². The average molecular weight is 407 g/mol. The Morgan fingerprint density at radius 2 is 1.97 bits per heavy atom. The van der Waals surface area contributed by atoms with Gasteiger partial charge >= 0.3 is 5.97 Å². The molecule has 0 radical (unpaired) electrons. The van der Waals surface area contributed by atoms with Crippen LogP contribution < -0.4 is 19.6 Å². The molecule has 8 heteroatoms. The summed E-state index contributed by atoms with van der Waals surface area (Å²) >= 11 is 1.26. The molecule has 0 atom stereocenters. The lowest BCUT2D eigenvalue weighted by molar-refractivity contribution is -0.132. The first-order chi connectivity index (χ1) is 14.0. The first-order valence-corrected chi connectivity index (χ1v) is 9.79. The Morgan fingerprint density at radius 3 is 2.66 bits per heavy atom. The number of carbonyl (C=O) groups is 1. The van der Waals surface area contributed by atoms with Gasteiger partial charge in [-0.1, -0.05) is 47.7 Å². The molecule has 0 aliphatic heterocycles. The minimum Gasteiger partial charge on any atom is -0.490 e. The van der Waals surface area contributed by atoms with Crippen LogP contribution in [-0.4, -0.2) is 27.2 Å². The van der Waals surface area contributed by atoms with Crippen LogP contribution in [0.1, 0.15) is 19.4 Å². The van der Waals surface area contributed by atoms with E-state index in [1.165, 1.54) is 22.8 Å². The summed E-state index contributed by atoms with van der Waals surface area (Å²) in [6, 6.07) is 14.6. The molecule has 0 saturated heterocycles. The fourth-order valence-corrected chi connectivity index (χ4v) is 3.72. The summed E-state index contributed by atoms with van der Waals surface area (Å²) in [5, 5.41) is 4.34. The molecule has 2 heterocycles. The number of ether oxygens (including phenoxy) is 2. The molecule has 0 aliphatic carbocycles. The van der Waals surface area contributed by atoms with Crippen molar-refractivity contribution in [2.24, 2.45) is 0 Å². The second-order valence-electron chi connectivity index (χ2n) is 6.14. The van der Waals surface area contributed by atoms with Crippen molar-refractivity contribution in [1.29, 1.82) is 0 Å². The lowest BCUT2D eigenvalue weighted by atomic mass is 10.2. The van der Waals surface area contributed by atoms with Crippen molar-refractivity contribution in [3.8, 4) is 22.9 Å². The summed E-state index contributed by atoms with van der Waals surface area (Å²) in [5.74, 6) is 0.873. The molecular weight excluding hydrogens is 390 g/mol. The Labute approximate surface area is 169 Å². The van der Waals surface area contributed by atoms with Crippen molar-refractivity contribution < 1.29 is 14.3 Å². The van der Waals surface area contributed by atoms with E-state index in [1.54, 1.807) is 24.3 Å². The highest BCUT2D eigenvalue weighted by Crippen LogP contribution is 2.29. The number of thiazole rings is 1. The van der Waals surface area contributed by atoms with Crippen LogP contribution >= 0.6 is 11.3 Å². The van der Waals surface area contributed by atoms with Gasteiger partial charge < -0.3 is 9.47 Å². The van der Waals surface area contributed by atoms with Crippen molar-refractivity contribution in [1.82, 2.24) is 14.6 Å². The maximum Gasteiger partial charge on any atom is 0.308 e. The Balaban J connectivity index is 1.73. The van der Waals surface area contributed by atoms with E-state index in [2.05, 4.69) is 10.1 Å². The van der Waals surface area contributed by atoms with Crippen molar-refractivity contribution >= 4 is 28.3 Å². The number of benzene rings is 2. The maximum absolute atomic E-state index is 12.7. The SMILES string of the molecule is CCOc1cc(C=c2sc3nc(-c4ccccc4)nn3c2=O)ccc1OC(C)=O. The molecule has 2 aromatic carbocycles. The monoisotopic (exact) mass is 407 g/mol. The molecule has 0 fully saturated rings. The zero-order chi connectivity index (χ0) is 20.4. The quantitative estimate of drug-likeness (QED) is 0.374. The molecule has 146 valence electrons. The van der Waals surface area contributed by atoms with Gasteiger partial charge in [0.25, 0.3) is 5.56 Å². The highest BCUT2D eigenvalue weighted by molar-refractivity contribution is 7.15. The fraction of sp³-hybridized carbons (Fsp3) is 0.143. The van der Waals surface area contributed by atoms with Gasteiger partial charge in [0, 0.05) is 12.5 Å². The van der Waals surface area contributed by atoms with E-state index in [0.29, 0.717) is 33.4 Å². The number of carbonyl (C=O) groups excluding carboxylic acids is 1. The Kier molecular flexibility index (Phi) is 5.09. The van der Waals surface area contributed by atoms with Gasteiger partial charge in [0.15, 0.2) is 17.3 Å². The van der Waals surface area contributed by atoms with Gasteiger partial charge in [-0.15, -0.1) is 5.10 Å². The predicted molar refractivity (Wildman–Crippen MR) is 110 cm³/mol. The Morgan fingerprint density at radius 1 is 1.17 bits per heavy atom. The van der Waals surface area contributed by atoms with Crippen LogP contribution in [-0.2, 0) is 4.79 Å². The van der Waals surface area contributed by atoms with Crippen LogP contribution in [0.2, 0.25) is 0 Å². The molecule has 0 unspecified atom stereocenters. The third-order valence-electron chi connectivity index (χ3n) is 4.03. The van der Waals surface area contributed by atoms with Gasteiger partial charge in [0.1, 0.15) is 0 Å². The molecule has 7 nitrogen and oxygen atoms in total. The van der Waals surface area contributed by atoms with Gasteiger partial charge in [0.2, 0.25) is 4.96 Å². The number of aromatic nitrogens is 3. The number of nitrogens with zero attached hydrogens (tertiary/aromatic N) is 3. The first kappa shape index (κ1) is 18.8. The Bertz CT molecular complexity index is 1290. The zero-order valence-electron chi connectivity index (χ0n) is 15.8. The lowest BCUT2D eigenvalue weighted by Crippen LogP contribution is -2.23. The summed E-state index contributed by atoms with van der Waals surface area (Å²) in [6.07, 6.45) is 1.74. The second kappa shape index (κ2) is 7.84. The van der Waals surface area contributed by atoms with E-state index < -0.39 is 5.97 Å². The molecule has 2 aromatic heterocycles. The largest absolute Gasteiger partial charge is 0.490 e. The van der Waals surface area contributed by atoms with Crippen LogP contribution in [0.3, 0.4) is 0 Å². The van der Waals surface area contributed by atoms with E-state index in [1.807, 2.05) is 37.3 Å². The van der Waals surface area contributed by atoms with Crippen LogP contribution in [0.4, 0.5) is 0 Å². The van der Waals surface area contributed by atoms with E-state index in [4.69, 9.17) is 9.47 Å². The normalized spacial score (nSPS) is 11.7. The average Bonchev–Trinajstić information content (AvgIpc) is 3.24. The molecular formula is C21H17N3O4S. The lowest BCUT2D eigenvalue weighted by Gasteiger charge is -2.10. The van der Waals surface area contributed by atoms with E-state index in [-0.39, 0.29) is 5.56 Å². The number of esters is 1.